The van der Waals surface area contributed by atoms with E-state index in [0.29, 0.717) is 0 Å². The summed E-state index contributed by atoms with van der Waals surface area (Å²) in [6.07, 6.45) is -3.96. The number of aliphatic hydroxyl groups excluding tert-OH is 2. The van der Waals surface area contributed by atoms with Crippen LogP contribution in [0, 0.1) is 11.3 Å². The molecule has 0 aromatic rings. The molecule has 1 saturated heterocycles. The summed E-state index contributed by atoms with van der Waals surface area (Å²) in [6.45, 7) is 9.14. The van der Waals surface area contributed by atoms with Crippen LogP contribution in [0.2, 0.25) is 0 Å². The molecule has 3 rings (SSSR count). The van der Waals surface area contributed by atoms with Crippen LogP contribution in [0.1, 0.15) is 54.4 Å². The molecule has 0 aromatic heterocycles. The molecule has 154 valence electrons. The largest absolute Gasteiger partial charge is 0.462 e. The van der Waals surface area contributed by atoms with E-state index in [1.165, 1.54) is 13.8 Å². The van der Waals surface area contributed by atoms with Crippen molar-refractivity contribution in [2.45, 2.75) is 95.6 Å². The maximum absolute atomic E-state index is 11.7. The number of hydrogen-bond donors (Lipinski definition) is 3. The summed E-state index contributed by atoms with van der Waals surface area (Å²) in [5, 5.41) is 34.0. The molecule has 8 nitrogen and oxygen atoms in total. The standard InChI is InChI=1S/C19H30O8/c1-9(20)25-11-7-8-17(5,24)19-14(22)12(16(3,4)27-19)13(26-10(2)21)15(23)18(11,19)6/h11-15,22-24H,7-8H2,1-6H3. The quantitative estimate of drug-likeness (QED) is 0.579. The van der Waals surface area contributed by atoms with E-state index in [4.69, 9.17) is 14.2 Å². The molecule has 2 saturated carbocycles. The second-order valence-electron chi connectivity index (χ2n) is 9.12. The molecular weight excluding hydrogens is 356 g/mol. The van der Waals surface area contributed by atoms with Crippen LogP contribution in [0.4, 0.5) is 0 Å². The van der Waals surface area contributed by atoms with Gasteiger partial charge in [-0.1, -0.05) is 6.92 Å². The molecule has 0 amide bonds. The predicted molar refractivity (Wildman–Crippen MR) is 92.5 cm³/mol. The molecule has 1 aliphatic heterocycles. The summed E-state index contributed by atoms with van der Waals surface area (Å²) >= 11 is 0. The third-order valence-corrected chi connectivity index (χ3v) is 7.04. The Balaban J connectivity index is 2.24. The molecule has 8 atom stereocenters. The lowest BCUT2D eigenvalue weighted by Crippen LogP contribution is -2.80. The van der Waals surface area contributed by atoms with Crippen molar-refractivity contribution in [3.05, 3.63) is 0 Å². The summed E-state index contributed by atoms with van der Waals surface area (Å²) in [4.78, 5) is 23.4. The zero-order valence-corrected chi connectivity index (χ0v) is 16.7. The number of aliphatic hydroxyl groups is 3. The molecule has 8 heteroatoms. The number of carbonyl (C=O) groups excluding carboxylic acids is 2. The van der Waals surface area contributed by atoms with Crippen LogP contribution in [0.25, 0.3) is 0 Å². The van der Waals surface area contributed by atoms with E-state index in [-0.39, 0.29) is 12.8 Å². The molecule has 1 spiro atoms. The van der Waals surface area contributed by atoms with Crippen LogP contribution in [0.5, 0.6) is 0 Å². The van der Waals surface area contributed by atoms with E-state index in [1.54, 1.807) is 27.7 Å². The van der Waals surface area contributed by atoms with Crippen LogP contribution in [-0.4, -0.2) is 68.5 Å². The van der Waals surface area contributed by atoms with Crippen molar-refractivity contribution in [3.8, 4) is 0 Å². The van der Waals surface area contributed by atoms with Gasteiger partial charge in [0.15, 0.2) is 0 Å². The third kappa shape index (κ3) is 2.43. The third-order valence-electron chi connectivity index (χ3n) is 7.04. The summed E-state index contributed by atoms with van der Waals surface area (Å²) < 4.78 is 17.3. The first-order valence-corrected chi connectivity index (χ1v) is 9.35. The Morgan fingerprint density at radius 2 is 1.56 bits per heavy atom. The highest BCUT2D eigenvalue weighted by molar-refractivity contribution is 5.67. The maximum Gasteiger partial charge on any atom is 0.303 e. The number of esters is 2. The van der Waals surface area contributed by atoms with Crippen molar-refractivity contribution < 1.29 is 39.1 Å². The van der Waals surface area contributed by atoms with E-state index < -0.39 is 64.5 Å². The fourth-order valence-corrected chi connectivity index (χ4v) is 5.98. The lowest BCUT2D eigenvalue weighted by Gasteiger charge is -2.64. The molecule has 27 heavy (non-hydrogen) atoms. The molecule has 2 aliphatic carbocycles. The van der Waals surface area contributed by atoms with Gasteiger partial charge in [-0.3, -0.25) is 9.59 Å². The van der Waals surface area contributed by atoms with Gasteiger partial charge in [-0.05, 0) is 33.6 Å². The summed E-state index contributed by atoms with van der Waals surface area (Å²) in [5.74, 6) is -1.90. The van der Waals surface area contributed by atoms with E-state index in [2.05, 4.69) is 0 Å². The highest BCUT2D eigenvalue weighted by atomic mass is 16.6. The van der Waals surface area contributed by atoms with Gasteiger partial charge >= 0.3 is 11.9 Å². The Hall–Kier alpha value is -1.22. The van der Waals surface area contributed by atoms with Crippen molar-refractivity contribution in [1.82, 2.24) is 0 Å². The number of hydrogen-bond acceptors (Lipinski definition) is 8. The number of fused-ring (bicyclic) bond motifs is 1. The van der Waals surface area contributed by atoms with E-state index in [0.717, 1.165) is 0 Å². The van der Waals surface area contributed by atoms with Gasteiger partial charge in [0.25, 0.3) is 0 Å². The number of carbonyl (C=O) groups is 2. The summed E-state index contributed by atoms with van der Waals surface area (Å²) in [7, 11) is 0. The van der Waals surface area contributed by atoms with Gasteiger partial charge < -0.3 is 29.5 Å². The molecule has 0 aromatic carbocycles. The van der Waals surface area contributed by atoms with Gasteiger partial charge in [0.05, 0.1) is 28.6 Å². The van der Waals surface area contributed by atoms with Gasteiger partial charge in [-0.2, -0.15) is 0 Å². The highest BCUT2D eigenvalue weighted by Gasteiger charge is 2.83. The predicted octanol–water partition coefficient (Wildman–Crippen LogP) is 0.300. The first-order valence-electron chi connectivity index (χ1n) is 9.35. The van der Waals surface area contributed by atoms with Gasteiger partial charge in [0.2, 0.25) is 0 Å². The minimum absolute atomic E-state index is 0.214. The topological polar surface area (TPSA) is 123 Å². The zero-order valence-electron chi connectivity index (χ0n) is 16.7. The van der Waals surface area contributed by atoms with Crippen molar-refractivity contribution in [1.29, 1.82) is 0 Å². The Morgan fingerprint density at radius 3 is 2.07 bits per heavy atom. The Bertz CT molecular complexity index is 658. The van der Waals surface area contributed by atoms with Crippen molar-refractivity contribution in [3.63, 3.8) is 0 Å². The molecule has 3 aliphatic rings. The minimum Gasteiger partial charge on any atom is -0.462 e. The highest BCUT2D eigenvalue weighted by Crippen LogP contribution is 2.67. The molecule has 2 bridgehead atoms. The van der Waals surface area contributed by atoms with Crippen LogP contribution in [-0.2, 0) is 23.8 Å². The second-order valence-corrected chi connectivity index (χ2v) is 9.12. The summed E-state index contributed by atoms with van der Waals surface area (Å²) in [5.41, 5.74) is -5.49. The van der Waals surface area contributed by atoms with Crippen molar-refractivity contribution in [2.75, 3.05) is 0 Å². The van der Waals surface area contributed by atoms with Crippen LogP contribution >= 0.6 is 0 Å². The molecule has 3 fully saturated rings. The average Bonchev–Trinajstić information content (AvgIpc) is 2.69. The van der Waals surface area contributed by atoms with Crippen LogP contribution in [0.15, 0.2) is 0 Å². The lowest BCUT2D eigenvalue weighted by atomic mass is 9.47. The van der Waals surface area contributed by atoms with Crippen molar-refractivity contribution >= 4 is 11.9 Å². The maximum atomic E-state index is 11.7. The normalized spacial score (nSPS) is 50.6. The molecule has 1 heterocycles. The molecule has 3 N–H and O–H groups in total. The van der Waals surface area contributed by atoms with Gasteiger partial charge in [0.1, 0.15) is 23.9 Å². The monoisotopic (exact) mass is 386 g/mol. The number of rotatable bonds is 2. The van der Waals surface area contributed by atoms with Crippen molar-refractivity contribution in [2.24, 2.45) is 11.3 Å². The van der Waals surface area contributed by atoms with Gasteiger partial charge in [0, 0.05) is 13.8 Å². The fourth-order valence-electron chi connectivity index (χ4n) is 5.98. The summed E-state index contributed by atoms with van der Waals surface area (Å²) in [6, 6.07) is 0. The minimum atomic E-state index is -1.59. The average molecular weight is 386 g/mol. The Labute approximate surface area is 158 Å². The van der Waals surface area contributed by atoms with Crippen LogP contribution in [0.3, 0.4) is 0 Å². The van der Waals surface area contributed by atoms with E-state index in [1.807, 2.05) is 0 Å². The van der Waals surface area contributed by atoms with Gasteiger partial charge in [-0.15, -0.1) is 0 Å². The first-order chi connectivity index (χ1) is 12.2. The van der Waals surface area contributed by atoms with Crippen LogP contribution < -0.4 is 0 Å². The second kappa shape index (κ2) is 5.89. The van der Waals surface area contributed by atoms with E-state index >= 15 is 0 Å². The van der Waals surface area contributed by atoms with Gasteiger partial charge in [-0.25, -0.2) is 0 Å². The molecular formula is C19H30O8. The Kier molecular flexibility index (Phi) is 4.47. The molecule has 0 radical (unpaired) electrons. The fraction of sp³-hybridized carbons (Fsp3) is 0.895. The smallest absolute Gasteiger partial charge is 0.303 e. The SMILES string of the molecule is CC(=O)OC1C2C(O)C3(OC2(C)C)C(C)(O)CCC(OC(C)=O)C3(C)C1O. The lowest BCUT2D eigenvalue weighted by molar-refractivity contribution is -0.336. The number of ether oxygens (including phenoxy) is 3. The first kappa shape index (κ1) is 20.5. The Morgan fingerprint density at radius 1 is 1.00 bits per heavy atom. The molecule has 8 unspecified atom stereocenters. The van der Waals surface area contributed by atoms with E-state index in [9.17, 15) is 24.9 Å². The zero-order chi connectivity index (χ0) is 20.6.